The van der Waals surface area contributed by atoms with Crippen LogP contribution in [0.1, 0.15) is 47.5 Å². The van der Waals surface area contributed by atoms with Crippen molar-refractivity contribution in [3.63, 3.8) is 0 Å². The predicted molar refractivity (Wildman–Crippen MR) is 129 cm³/mol. The molecule has 0 fully saturated rings. The molecule has 4 rings (SSSR count). The van der Waals surface area contributed by atoms with Gasteiger partial charge in [0.25, 0.3) is 0 Å². The van der Waals surface area contributed by atoms with Crippen molar-refractivity contribution in [2.75, 3.05) is 0 Å². The number of nitrogens with one attached hydrogen (secondary N) is 1. The Morgan fingerprint density at radius 3 is 2.84 bits per heavy atom. The number of aromatic amines is 1. The number of benzene rings is 1. The lowest BCUT2D eigenvalue weighted by molar-refractivity contribution is 0.675. The van der Waals surface area contributed by atoms with Crippen LogP contribution < -0.4 is 0 Å². The molecule has 1 aromatic carbocycles. The number of nitrogens with zero attached hydrogens (tertiary/aromatic N) is 5. The third-order valence-corrected chi connectivity index (χ3v) is 6.80. The molecule has 3 heterocycles. The SMILES string of the molecule is CCCCc1nc(Br)c(/C=C(\Cc2cccs2)c2nn[nH]n2)n1Cc1ccccc1Cl. The lowest BCUT2D eigenvalue weighted by Crippen LogP contribution is -2.08. The minimum absolute atomic E-state index is 0.584. The number of aryl methyl sites for hydroxylation is 1. The maximum Gasteiger partial charge on any atom is 0.201 e. The molecule has 0 saturated carbocycles. The van der Waals surface area contributed by atoms with E-state index in [0.29, 0.717) is 18.8 Å². The summed E-state index contributed by atoms with van der Waals surface area (Å²) in [5, 5.41) is 17.6. The molecule has 0 aliphatic rings. The molecule has 3 aromatic heterocycles. The molecule has 0 aliphatic heterocycles. The minimum Gasteiger partial charge on any atom is -0.323 e. The van der Waals surface area contributed by atoms with E-state index in [1.807, 2.05) is 24.3 Å². The third-order valence-electron chi connectivity index (χ3n) is 4.97. The molecule has 0 radical (unpaired) electrons. The quantitative estimate of drug-likeness (QED) is 0.293. The molecule has 160 valence electrons. The van der Waals surface area contributed by atoms with E-state index in [-0.39, 0.29) is 0 Å². The highest BCUT2D eigenvalue weighted by Gasteiger charge is 2.18. The maximum atomic E-state index is 6.48. The smallest absolute Gasteiger partial charge is 0.201 e. The summed E-state index contributed by atoms with van der Waals surface area (Å²) < 4.78 is 3.04. The van der Waals surface area contributed by atoms with Gasteiger partial charge in [-0.3, -0.25) is 0 Å². The average molecular weight is 518 g/mol. The second-order valence-corrected chi connectivity index (χ2v) is 9.34. The fourth-order valence-corrected chi connectivity index (χ4v) is 4.83. The summed E-state index contributed by atoms with van der Waals surface area (Å²) in [6.45, 7) is 2.83. The van der Waals surface area contributed by atoms with Crippen molar-refractivity contribution in [3.8, 4) is 0 Å². The van der Waals surface area contributed by atoms with Crippen molar-refractivity contribution >= 4 is 50.5 Å². The van der Waals surface area contributed by atoms with E-state index in [1.165, 1.54) is 4.88 Å². The van der Waals surface area contributed by atoms with Crippen LogP contribution in [0.25, 0.3) is 11.6 Å². The highest BCUT2D eigenvalue weighted by Crippen LogP contribution is 2.29. The van der Waals surface area contributed by atoms with E-state index in [1.54, 1.807) is 11.3 Å². The van der Waals surface area contributed by atoms with Crippen LogP contribution >= 0.6 is 38.9 Å². The van der Waals surface area contributed by atoms with Crippen LogP contribution in [0.15, 0.2) is 46.4 Å². The molecule has 4 aromatic rings. The van der Waals surface area contributed by atoms with Gasteiger partial charge in [-0.05, 0) is 56.7 Å². The van der Waals surface area contributed by atoms with Gasteiger partial charge in [0.1, 0.15) is 10.4 Å². The molecule has 0 saturated heterocycles. The van der Waals surface area contributed by atoms with Gasteiger partial charge in [-0.15, -0.1) is 21.5 Å². The number of hydrogen-bond acceptors (Lipinski definition) is 5. The van der Waals surface area contributed by atoms with E-state index in [0.717, 1.165) is 51.5 Å². The number of imidazole rings is 1. The van der Waals surface area contributed by atoms with Crippen molar-refractivity contribution in [1.29, 1.82) is 0 Å². The topological polar surface area (TPSA) is 72.3 Å². The van der Waals surface area contributed by atoms with E-state index >= 15 is 0 Å². The Bertz CT molecular complexity index is 1150. The van der Waals surface area contributed by atoms with Gasteiger partial charge in [0.15, 0.2) is 0 Å². The zero-order valence-electron chi connectivity index (χ0n) is 17.1. The van der Waals surface area contributed by atoms with E-state index in [9.17, 15) is 0 Å². The number of hydrogen-bond donors (Lipinski definition) is 1. The van der Waals surface area contributed by atoms with Crippen molar-refractivity contribution < 1.29 is 0 Å². The van der Waals surface area contributed by atoms with Crippen LogP contribution in [0.2, 0.25) is 5.02 Å². The van der Waals surface area contributed by atoms with Gasteiger partial charge in [-0.2, -0.15) is 5.21 Å². The number of tetrazole rings is 1. The largest absolute Gasteiger partial charge is 0.323 e. The van der Waals surface area contributed by atoms with Crippen molar-refractivity contribution in [1.82, 2.24) is 30.2 Å². The Kier molecular flexibility index (Phi) is 7.32. The van der Waals surface area contributed by atoms with Gasteiger partial charge < -0.3 is 4.57 Å². The van der Waals surface area contributed by atoms with Crippen LogP contribution in [0.5, 0.6) is 0 Å². The fourth-order valence-electron chi connectivity index (χ4n) is 3.38. The summed E-state index contributed by atoms with van der Waals surface area (Å²) in [6, 6.07) is 12.1. The summed E-state index contributed by atoms with van der Waals surface area (Å²) in [5.74, 6) is 1.62. The standard InChI is InChI=1S/C22H22BrClN6S/c1-2-3-10-20-25-21(23)19(30(20)14-15-7-4-5-9-18(15)24)13-16(22-26-28-29-27-22)12-17-8-6-11-31-17/h4-9,11,13H,2-3,10,12,14H2,1H3,(H,26,27,28,29)/b16-13+. The number of allylic oxidation sites excluding steroid dienone is 1. The van der Waals surface area contributed by atoms with Gasteiger partial charge in [0.05, 0.1) is 12.2 Å². The number of H-pyrrole nitrogens is 1. The first-order valence-corrected chi connectivity index (χ1v) is 12.2. The van der Waals surface area contributed by atoms with Crippen LogP contribution in [0, 0.1) is 0 Å². The molecular weight excluding hydrogens is 496 g/mol. The average Bonchev–Trinajstić information content (AvgIpc) is 3.52. The zero-order valence-corrected chi connectivity index (χ0v) is 20.2. The first-order valence-electron chi connectivity index (χ1n) is 10.1. The van der Waals surface area contributed by atoms with Gasteiger partial charge in [-0.1, -0.05) is 49.2 Å². The second-order valence-electron chi connectivity index (χ2n) is 7.15. The fraction of sp³-hybridized carbons (Fsp3) is 0.273. The summed E-state index contributed by atoms with van der Waals surface area (Å²) in [6.07, 6.45) is 5.89. The summed E-state index contributed by atoms with van der Waals surface area (Å²) in [4.78, 5) is 6.07. The van der Waals surface area contributed by atoms with E-state index < -0.39 is 0 Å². The Morgan fingerprint density at radius 2 is 2.13 bits per heavy atom. The predicted octanol–water partition coefficient (Wildman–Crippen LogP) is 6.05. The Labute approximate surface area is 198 Å². The molecule has 1 N–H and O–H groups in total. The minimum atomic E-state index is 0.584. The van der Waals surface area contributed by atoms with Gasteiger partial charge >= 0.3 is 0 Å². The Morgan fingerprint density at radius 1 is 1.26 bits per heavy atom. The number of thiophene rings is 1. The van der Waals surface area contributed by atoms with Crippen molar-refractivity contribution in [3.05, 3.63) is 79.2 Å². The molecule has 9 heteroatoms. The highest BCUT2D eigenvalue weighted by atomic mass is 79.9. The van der Waals surface area contributed by atoms with Crippen molar-refractivity contribution in [2.45, 2.75) is 39.2 Å². The summed E-state index contributed by atoms with van der Waals surface area (Å²) >= 11 is 11.9. The molecule has 0 unspecified atom stereocenters. The Hall–Kier alpha value is -2.29. The zero-order chi connectivity index (χ0) is 21.6. The second kappa shape index (κ2) is 10.3. The maximum absolute atomic E-state index is 6.48. The number of halogens is 2. The highest BCUT2D eigenvalue weighted by molar-refractivity contribution is 9.10. The molecule has 0 atom stereocenters. The Balaban J connectivity index is 1.79. The number of unbranched alkanes of at least 4 members (excludes halogenated alkanes) is 1. The summed E-state index contributed by atoms with van der Waals surface area (Å²) in [5.41, 5.74) is 3.00. The first-order chi connectivity index (χ1) is 15.2. The van der Waals surface area contributed by atoms with Crippen molar-refractivity contribution in [2.24, 2.45) is 0 Å². The lowest BCUT2D eigenvalue weighted by atomic mass is 10.1. The first kappa shape index (κ1) is 21.9. The van der Waals surface area contributed by atoms with Gasteiger partial charge in [0.2, 0.25) is 5.82 Å². The van der Waals surface area contributed by atoms with Gasteiger partial charge in [0, 0.05) is 28.3 Å². The van der Waals surface area contributed by atoms with Crippen LogP contribution in [-0.4, -0.2) is 30.2 Å². The molecule has 0 spiro atoms. The lowest BCUT2D eigenvalue weighted by Gasteiger charge is -2.13. The molecule has 6 nitrogen and oxygen atoms in total. The molecule has 0 amide bonds. The van der Waals surface area contributed by atoms with Crippen LogP contribution in [0.4, 0.5) is 0 Å². The molecule has 31 heavy (non-hydrogen) atoms. The molecule has 0 aliphatic carbocycles. The van der Waals surface area contributed by atoms with E-state index in [4.69, 9.17) is 16.6 Å². The van der Waals surface area contributed by atoms with E-state index in [2.05, 4.69) is 71.6 Å². The number of aromatic nitrogens is 6. The molecule has 0 bridgehead atoms. The summed E-state index contributed by atoms with van der Waals surface area (Å²) in [7, 11) is 0. The normalized spacial score (nSPS) is 11.9. The third kappa shape index (κ3) is 5.31. The number of rotatable bonds is 9. The molecular formula is C22H22BrClN6S. The van der Waals surface area contributed by atoms with Gasteiger partial charge in [-0.25, -0.2) is 4.98 Å². The monoisotopic (exact) mass is 516 g/mol. The van der Waals surface area contributed by atoms with Crippen LogP contribution in [-0.2, 0) is 19.4 Å². The van der Waals surface area contributed by atoms with Crippen LogP contribution in [0.3, 0.4) is 0 Å².